The summed E-state index contributed by atoms with van der Waals surface area (Å²) >= 11 is 0. The average molecular weight is 309 g/mol. The van der Waals surface area contributed by atoms with Crippen LogP contribution < -0.4 is 0 Å². The molecular weight excluding hydrogens is 286 g/mol. The van der Waals surface area contributed by atoms with E-state index in [9.17, 15) is 4.79 Å². The summed E-state index contributed by atoms with van der Waals surface area (Å²) in [5, 5.41) is 0. The van der Waals surface area contributed by atoms with Crippen molar-refractivity contribution >= 4 is 5.91 Å². The van der Waals surface area contributed by atoms with Crippen LogP contribution in [-0.2, 0) is 17.8 Å². The third-order valence-electron chi connectivity index (χ3n) is 4.47. The van der Waals surface area contributed by atoms with Gasteiger partial charge in [-0.1, -0.05) is 37.3 Å². The highest BCUT2D eigenvalue weighted by molar-refractivity contribution is 5.79. The summed E-state index contributed by atoms with van der Waals surface area (Å²) in [7, 11) is 0. The maximum Gasteiger partial charge on any atom is 0.227 e. The molecule has 0 atom stereocenters. The van der Waals surface area contributed by atoms with Gasteiger partial charge in [-0.05, 0) is 29.8 Å². The van der Waals surface area contributed by atoms with Gasteiger partial charge in [0.1, 0.15) is 0 Å². The first-order valence-electron chi connectivity index (χ1n) is 8.21. The largest absolute Gasteiger partial charge is 0.339 e. The van der Waals surface area contributed by atoms with Gasteiger partial charge in [0.15, 0.2) is 0 Å². The molecule has 4 heteroatoms. The Morgan fingerprint density at radius 3 is 2.48 bits per heavy atom. The van der Waals surface area contributed by atoms with E-state index in [0.29, 0.717) is 12.5 Å². The van der Waals surface area contributed by atoms with Crippen molar-refractivity contribution in [2.24, 2.45) is 0 Å². The second-order valence-corrected chi connectivity index (χ2v) is 6.03. The van der Waals surface area contributed by atoms with Crippen LogP contribution in [-0.4, -0.2) is 46.4 Å². The fourth-order valence-corrected chi connectivity index (χ4v) is 2.99. The monoisotopic (exact) mass is 309 g/mol. The van der Waals surface area contributed by atoms with E-state index in [1.165, 1.54) is 5.56 Å². The van der Waals surface area contributed by atoms with E-state index in [2.05, 4.69) is 28.9 Å². The van der Waals surface area contributed by atoms with Crippen LogP contribution in [0.3, 0.4) is 0 Å². The molecule has 4 nitrogen and oxygen atoms in total. The summed E-state index contributed by atoms with van der Waals surface area (Å²) in [5.74, 6) is 0.229. The number of carbonyl (C=O) groups excluding carboxylic acids is 1. The maximum atomic E-state index is 12.3. The lowest BCUT2D eigenvalue weighted by Crippen LogP contribution is -2.61. The molecule has 1 aliphatic heterocycles. The molecule has 2 aromatic rings. The molecule has 0 unspecified atom stereocenters. The zero-order valence-corrected chi connectivity index (χ0v) is 13.6. The SMILES string of the molecule is CCN(Cc1ccncc1)C1CN(C(=O)Cc2ccccc2)C1. The molecule has 1 amide bonds. The number of likely N-dealkylation sites (N-methyl/N-ethyl adjacent to an activating group) is 1. The smallest absolute Gasteiger partial charge is 0.227 e. The van der Waals surface area contributed by atoms with Gasteiger partial charge in [0, 0.05) is 38.1 Å². The van der Waals surface area contributed by atoms with Crippen molar-refractivity contribution in [1.82, 2.24) is 14.8 Å². The van der Waals surface area contributed by atoms with Gasteiger partial charge >= 0.3 is 0 Å². The Bertz CT molecular complexity index is 624. The fourth-order valence-electron chi connectivity index (χ4n) is 2.99. The minimum atomic E-state index is 0.229. The van der Waals surface area contributed by atoms with E-state index in [1.807, 2.05) is 47.6 Å². The molecule has 120 valence electrons. The first kappa shape index (κ1) is 15.7. The molecule has 1 fully saturated rings. The molecule has 0 radical (unpaired) electrons. The van der Waals surface area contributed by atoms with Gasteiger partial charge in [-0.25, -0.2) is 0 Å². The van der Waals surface area contributed by atoms with Crippen molar-refractivity contribution in [3.63, 3.8) is 0 Å². The van der Waals surface area contributed by atoms with Gasteiger partial charge in [-0.15, -0.1) is 0 Å². The molecule has 0 saturated carbocycles. The zero-order valence-electron chi connectivity index (χ0n) is 13.6. The van der Waals surface area contributed by atoms with Crippen molar-refractivity contribution in [3.8, 4) is 0 Å². The molecule has 0 bridgehead atoms. The fraction of sp³-hybridized carbons (Fsp3) is 0.368. The summed E-state index contributed by atoms with van der Waals surface area (Å²) in [6, 6.07) is 14.5. The number of hydrogen-bond donors (Lipinski definition) is 0. The summed E-state index contributed by atoms with van der Waals surface area (Å²) in [6.07, 6.45) is 4.17. The van der Waals surface area contributed by atoms with Gasteiger partial charge in [0.05, 0.1) is 6.42 Å². The molecule has 2 heterocycles. The normalized spacial score (nSPS) is 14.8. The number of aromatic nitrogens is 1. The minimum absolute atomic E-state index is 0.229. The number of pyridine rings is 1. The molecule has 3 rings (SSSR count). The minimum Gasteiger partial charge on any atom is -0.339 e. The summed E-state index contributed by atoms with van der Waals surface area (Å²) in [5.41, 5.74) is 2.36. The van der Waals surface area contributed by atoms with E-state index >= 15 is 0 Å². The lowest BCUT2D eigenvalue weighted by molar-refractivity contribution is -0.138. The molecule has 0 N–H and O–H groups in total. The molecular formula is C19H23N3O. The van der Waals surface area contributed by atoms with E-state index in [1.54, 1.807) is 0 Å². The van der Waals surface area contributed by atoms with Gasteiger partial charge in [-0.2, -0.15) is 0 Å². The van der Waals surface area contributed by atoms with Crippen LogP contribution in [0.2, 0.25) is 0 Å². The number of nitrogens with zero attached hydrogens (tertiary/aromatic N) is 3. The van der Waals surface area contributed by atoms with E-state index in [0.717, 1.165) is 31.7 Å². The van der Waals surface area contributed by atoms with Crippen LogP contribution in [0.5, 0.6) is 0 Å². The standard InChI is InChI=1S/C19H23N3O/c1-2-21(13-17-8-10-20-11-9-17)18-14-22(15-18)19(23)12-16-6-4-3-5-7-16/h3-11,18H,2,12-15H2,1H3. The van der Waals surface area contributed by atoms with Crippen LogP contribution in [0, 0.1) is 0 Å². The number of carbonyl (C=O) groups is 1. The van der Waals surface area contributed by atoms with Crippen molar-refractivity contribution < 1.29 is 4.79 Å². The Balaban J connectivity index is 1.50. The molecule has 0 aliphatic carbocycles. The molecule has 0 spiro atoms. The molecule has 1 aromatic carbocycles. The van der Waals surface area contributed by atoms with Gasteiger partial charge in [-0.3, -0.25) is 14.7 Å². The predicted molar refractivity (Wildman–Crippen MR) is 90.8 cm³/mol. The third kappa shape index (κ3) is 3.96. The number of hydrogen-bond acceptors (Lipinski definition) is 3. The van der Waals surface area contributed by atoms with E-state index in [4.69, 9.17) is 0 Å². The lowest BCUT2D eigenvalue weighted by Gasteiger charge is -2.45. The zero-order chi connectivity index (χ0) is 16.1. The Morgan fingerprint density at radius 2 is 1.83 bits per heavy atom. The Labute approximate surface area is 137 Å². The first-order valence-corrected chi connectivity index (χ1v) is 8.21. The number of likely N-dealkylation sites (tertiary alicyclic amines) is 1. The number of rotatable bonds is 6. The molecule has 1 saturated heterocycles. The Morgan fingerprint density at radius 1 is 1.13 bits per heavy atom. The van der Waals surface area contributed by atoms with Crippen LogP contribution in [0.4, 0.5) is 0 Å². The molecule has 1 aliphatic rings. The predicted octanol–water partition coefficient (Wildman–Crippen LogP) is 2.36. The summed E-state index contributed by atoms with van der Waals surface area (Å²) < 4.78 is 0. The van der Waals surface area contributed by atoms with Crippen LogP contribution in [0.1, 0.15) is 18.1 Å². The molecule has 1 aromatic heterocycles. The second kappa shape index (κ2) is 7.38. The second-order valence-electron chi connectivity index (χ2n) is 6.03. The van der Waals surface area contributed by atoms with Crippen molar-refractivity contribution in [2.75, 3.05) is 19.6 Å². The van der Waals surface area contributed by atoms with Crippen molar-refractivity contribution in [1.29, 1.82) is 0 Å². The highest BCUT2D eigenvalue weighted by Gasteiger charge is 2.33. The van der Waals surface area contributed by atoms with Gasteiger partial charge < -0.3 is 4.90 Å². The summed E-state index contributed by atoms with van der Waals surface area (Å²) in [6.45, 7) is 5.77. The lowest BCUT2D eigenvalue weighted by atomic mass is 10.0. The van der Waals surface area contributed by atoms with Crippen LogP contribution in [0.15, 0.2) is 54.9 Å². The van der Waals surface area contributed by atoms with Gasteiger partial charge in [0.25, 0.3) is 0 Å². The van der Waals surface area contributed by atoms with E-state index in [-0.39, 0.29) is 5.91 Å². The summed E-state index contributed by atoms with van der Waals surface area (Å²) in [4.78, 5) is 20.8. The highest BCUT2D eigenvalue weighted by atomic mass is 16.2. The highest BCUT2D eigenvalue weighted by Crippen LogP contribution is 2.18. The van der Waals surface area contributed by atoms with E-state index < -0.39 is 0 Å². The number of amides is 1. The topological polar surface area (TPSA) is 36.4 Å². The van der Waals surface area contributed by atoms with Gasteiger partial charge in [0.2, 0.25) is 5.91 Å². The Hall–Kier alpha value is -2.20. The molecule has 23 heavy (non-hydrogen) atoms. The number of benzene rings is 1. The van der Waals surface area contributed by atoms with Crippen molar-refractivity contribution in [3.05, 3.63) is 66.0 Å². The van der Waals surface area contributed by atoms with Crippen LogP contribution >= 0.6 is 0 Å². The maximum absolute atomic E-state index is 12.3. The first-order chi connectivity index (χ1) is 11.3. The third-order valence-corrected chi connectivity index (χ3v) is 4.47. The van der Waals surface area contributed by atoms with Crippen LogP contribution in [0.25, 0.3) is 0 Å². The Kier molecular flexibility index (Phi) is 5.03. The van der Waals surface area contributed by atoms with Crippen molar-refractivity contribution in [2.45, 2.75) is 25.9 Å². The average Bonchev–Trinajstić information content (AvgIpc) is 2.54. The quantitative estimate of drug-likeness (QED) is 0.822.